The number of anilines is 2. The lowest BCUT2D eigenvalue weighted by Gasteiger charge is -2.11. The lowest BCUT2D eigenvalue weighted by molar-refractivity contribution is 0.103. The zero-order chi connectivity index (χ0) is 19.8. The average molecular weight is 422 g/mol. The fourth-order valence-electron chi connectivity index (χ4n) is 3.43. The number of aryl methyl sites for hydroxylation is 1. The monoisotopic (exact) mass is 421 g/mol. The van der Waals surface area contributed by atoms with Gasteiger partial charge in [-0.05, 0) is 50.1 Å². The number of rotatable bonds is 4. The molecule has 6 nitrogen and oxygen atoms in total. The molecule has 1 N–H and O–H groups in total. The van der Waals surface area contributed by atoms with E-state index in [9.17, 15) is 4.79 Å². The molecule has 146 valence electrons. The fraction of sp³-hybridized carbons (Fsp3) is 0.238. The number of aromatic nitrogens is 3. The SMILES string of the molecule is Cc1nc(-c2ccccn2)sc1C(=O)Nc1ccc2nc(N3CCCC3)sc2c1. The van der Waals surface area contributed by atoms with Crippen LogP contribution in [0.5, 0.6) is 0 Å². The Morgan fingerprint density at radius 2 is 1.97 bits per heavy atom. The topological polar surface area (TPSA) is 71.0 Å². The Kier molecular flexibility index (Phi) is 4.73. The molecule has 0 spiro atoms. The molecule has 1 fully saturated rings. The molecule has 0 saturated carbocycles. The predicted octanol–water partition coefficient (Wildman–Crippen LogP) is 4.98. The summed E-state index contributed by atoms with van der Waals surface area (Å²) in [5, 5.41) is 4.83. The molecule has 3 aromatic heterocycles. The van der Waals surface area contributed by atoms with Gasteiger partial charge in [0.25, 0.3) is 5.91 Å². The summed E-state index contributed by atoms with van der Waals surface area (Å²) in [6.07, 6.45) is 4.18. The fourth-order valence-corrected chi connectivity index (χ4v) is 5.42. The largest absolute Gasteiger partial charge is 0.348 e. The van der Waals surface area contributed by atoms with Crippen molar-refractivity contribution >= 4 is 49.6 Å². The molecule has 4 heterocycles. The van der Waals surface area contributed by atoms with E-state index < -0.39 is 0 Å². The standard InChI is InChI=1S/C21H19N5OS2/c1-13-18(29-20(23-13)16-6-2-3-9-22-16)19(27)24-14-7-8-15-17(12-14)28-21(25-15)26-10-4-5-11-26/h2-3,6-9,12H,4-5,10-11H2,1H3,(H,24,27). The second-order valence-electron chi connectivity index (χ2n) is 6.98. The molecule has 1 aromatic carbocycles. The molecule has 5 rings (SSSR count). The van der Waals surface area contributed by atoms with Gasteiger partial charge in [0.2, 0.25) is 0 Å². The lowest BCUT2D eigenvalue weighted by atomic mass is 10.3. The van der Waals surface area contributed by atoms with Crippen molar-refractivity contribution in [2.24, 2.45) is 0 Å². The number of thiazole rings is 2. The van der Waals surface area contributed by atoms with Crippen molar-refractivity contribution in [3.63, 3.8) is 0 Å². The van der Waals surface area contributed by atoms with Crippen LogP contribution in [0.4, 0.5) is 10.8 Å². The number of amides is 1. The molecule has 1 amide bonds. The Labute approximate surface area is 176 Å². The third-order valence-electron chi connectivity index (χ3n) is 4.90. The molecule has 1 saturated heterocycles. The minimum absolute atomic E-state index is 0.147. The Morgan fingerprint density at radius 3 is 2.76 bits per heavy atom. The van der Waals surface area contributed by atoms with Crippen LogP contribution >= 0.6 is 22.7 Å². The van der Waals surface area contributed by atoms with Crippen LogP contribution in [0.3, 0.4) is 0 Å². The van der Waals surface area contributed by atoms with E-state index >= 15 is 0 Å². The molecule has 0 aliphatic carbocycles. The van der Waals surface area contributed by atoms with Crippen LogP contribution in [-0.4, -0.2) is 33.9 Å². The summed E-state index contributed by atoms with van der Waals surface area (Å²) in [7, 11) is 0. The second-order valence-corrected chi connectivity index (χ2v) is 8.98. The van der Waals surface area contributed by atoms with Gasteiger partial charge in [-0.2, -0.15) is 0 Å². The molecule has 1 aliphatic rings. The number of hydrogen-bond acceptors (Lipinski definition) is 7. The van der Waals surface area contributed by atoms with Gasteiger partial charge in [-0.3, -0.25) is 9.78 Å². The molecule has 29 heavy (non-hydrogen) atoms. The number of nitrogens with one attached hydrogen (secondary N) is 1. The number of carbonyl (C=O) groups excluding carboxylic acids is 1. The molecular formula is C21H19N5OS2. The third kappa shape index (κ3) is 3.61. The van der Waals surface area contributed by atoms with Crippen LogP contribution < -0.4 is 10.2 Å². The van der Waals surface area contributed by atoms with Crippen LogP contribution in [0.2, 0.25) is 0 Å². The van der Waals surface area contributed by atoms with Gasteiger partial charge in [0.1, 0.15) is 9.88 Å². The molecule has 0 bridgehead atoms. The lowest BCUT2D eigenvalue weighted by Crippen LogP contribution is -2.16. The van der Waals surface area contributed by atoms with Crippen molar-refractivity contribution in [2.45, 2.75) is 19.8 Å². The van der Waals surface area contributed by atoms with E-state index in [1.165, 1.54) is 24.2 Å². The summed E-state index contributed by atoms with van der Waals surface area (Å²) in [4.78, 5) is 29.4. The molecule has 0 radical (unpaired) electrons. The first-order chi connectivity index (χ1) is 14.2. The van der Waals surface area contributed by atoms with Gasteiger partial charge in [-0.1, -0.05) is 17.4 Å². The normalized spacial score (nSPS) is 13.9. The van der Waals surface area contributed by atoms with Crippen LogP contribution in [0.15, 0.2) is 42.6 Å². The average Bonchev–Trinajstić information content (AvgIpc) is 3.47. The highest BCUT2D eigenvalue weighted by Gasteiger charge is 2.19. The Morgan fingerprint density at radius 1 is 1.10 bits per heavy atom. The zero-order valence-electron chi connectivity index (χ0n) is 15.9. The van der Waals surface area contributed by atoms with Crippen LogP contribution in [0.1, 0.15) is 28.2 Å². The number of pyridine rings is 1. The molecule has 1 aliphatic heterocycles. The van der Waals surface area contributed by atoms with Crippen molar-refractivity contribution in [1.29, 1.82) is 0 Å². The van der Waals surface area contributed by atoms with Gasteiger partial charge in [-0.25, -0.2) is 9.97 Å². The highest BCUT2D eigenvalue weighted by atomic mass is 32.1. The molecular weight excluding hydrogens is 402 g/mol. The highest BCUT2D eigenvalue weighted by Crippen LogP contribution is 2.33. The number of hydrogen-bond donors (Lipinski definition) is 1. The maximum Gasteiger partial charge on any atom is 0.267 e. The summed E-state index contributed by atoms with van der Waals surface area (Å²) in [6, 6.07) is 11.6. The first-order valence-corrected chi connectivity index (χ1v) is 11.2. The minimum atomic E-state index is -0.147. The summed E-state index contributed by atoms with van der Waals surface area (Å²) in [5.74, 6) is -0.147. The quantitative estimate of drug-likeness (QED) is 0.503. The first kappa shape index (κ1) is 18.2. The Hall–Kier alpha value is -2.84. The van der Waals surface area contributed by atoms with Crippen LogP contribution in [0.25, 0.3) is 20.9 Å². The van der Waals surface area contributed by atoms with Gasteiger partial charge in [0, 0.05) is 25.0 Å². The number of benzene rings is 1. The first-order valence-electron chi connectivity index (χ1n) is 9.53. The second kappa shape index (κ2) is 7.53. The van der Waals surface area contributed by atoms with Crippen molar-refractivity contribution in [1.82, 2.24) is 15.0 Å². The Bertz CT molecular complexity index is 1180. The Balaban J connectivity index is 1.38. The number of fused-ring (bicyclic) bond motifs is 1. The summed E-state index contributed by atoms with van der Waals surface area (Å²) in [5.41, 5.74) is 3.23. The summed E-state index contributed by atoms with van der Waals surface area (Å²) in [6.45, 7) is 4.01. The van der Waals surface area contributed by atoms with E-state index in [-0.39, 0.29) is 5.91 Å². The number of nitrogens with zero attached hydrogens (tertiary/aromatic N) is 4. The smallest absolute Gasteiger partial charge is 0.267 e. The van der Waals surface area contributed by atoms with Gasteiger partial charge in [0.05, 0.1) is 21.6 Å². The molecule has 0 unspecified atom stereocenters. The maximum atomic E-state index is 12.8. The summed E-state index contributed by atoms with van der Waals surface area (Å²) < 4.78 is 1.08. The minimum Gasteiger partial charge on any atom is -0.348 e. The predicted molar refractivity (Wildman–Crippen MR) is 119 cm³/mol. The highest BCUT2D eigenvalue weighted by molar-refractivity contribution is 7.22. The van der Waals surface area contributed by atoms with E-state index in [1.54, 1.807) is 17.5 Å². The molecule has 8 heteroatoms. The van der Waals surface area contributed by atoms with Crippen LogP contribution in [-0.2, 0) is 0 Å². The van der Waals surface area contributed by atoms with Crippen molar-refractivity contribution < 1.29 is 4.79 Å². The van der Waals surface area contributed by atoms with E-state index in [4.69, 9.17) is 4.98 Å². The van der Waals surface area contributed by atoms with Crippen molar-refractivity contribution in [3.05, 3.63) is 53.2 Å². The van der Waals surface area contributed by atoms with Crippen molar-refractivity contribution in [2.75, 3.05) is 23.3 Å². The maximum absolute atomic E-state index is 12.8. The molecule has 0 atom stereocenters. The van der Waals surface area contributed by atoms with Crippen LogP contribution in [0, 0.1) is 6.92 Å². The van der Waals surface area contributed by atoms with E-state index in [2.05, 4.69) is 20.2 Å². The van der Waals surface area contributed by atoms with Crippen molar-refractivity contribution in [3.8, 4) is 10.7 Å². The van der Waals surface area contributed by atoms with E-state index in [1.807, 2.05) is 43.3 Å². The third-order valence-corrected chi connectivity index (χ3v) is 7.16. The van der Waals surface area contributed by atoms with E-state index in [0.29, 0.717) is 10.6 Å². The van der Waals surface area contributed by atoms with Gasteiger partial charge < -0.3 is 10.2 Å². The molecule has 4 aromatic rings. The number of carbonyl (C=O) groups is 1. The van der Waals surface area contributed by atoms with Gasteiger partial charge in [0.15, 0.2) is 5.13 Å². The van der Waals surface area contributed by atoms with E-state index in [0.717, 1.165) is 44.8 Å². The van der Waals surface area contributed by atoms with Gasteiger partial charge >= 0.3 is 0 Å². The van der Waals surface area contributed by atoms with Gasteiger partial charge in [-0.15, -0.1) is 11.3 Å². The summed E-state index contributed by atoms with van der Waals surface area (Å²) >= 11 is 3.04. The zero-order valence-corrected chi connectivity index (χ0v) is 17.5.